The monoisotopic (exact) mass is 833 g/mol. The quantitative estimate of drug-likeness (QED) is 0.0634. The van der Waals surface area contributed by atoms with Crippen LogP contribution in [0.5, 0.6) is 5.75 Å². The Hall–Kier alpha value is -5.93. The molecule has 0 saturated carbocycles. The highest BCUT2D eigenvalue weighted by atomic mass is 19.4. The van der Waals surface area contributed by atoms with Crippen molar-refractivity contribution >= 4 is 47.2 Å². The zero-order chi connectivity index (χ0) is 43.4. The van der Waals surface area contributed by atoms with Gasteiger partial charge in [-0.25, -0.2) is 14.0 Å². The smallest absolute Gasteiger partial charge is 0.455 e. The highest BCUT2D eigenvalue weighted by Gasteiger charge is 2.58. The van der Waals surface area contributed by atoms with Crippen LogP contribution in [0.4, 0.5) is 36.8 Å². The Morgan fingerprint density at radius 2 is 1.60 bits per heavy atom. The number of carbonyl (C=O) groups excluding carboxylic acids is 7. The summed E-state index contributed by atoms with van der Waals surface area (Å²) in [6, 6.07) is 10.5. The average molecular weight is 834 g/mol. The van der Waals surface area contributed by atoms with Crippen LogP contribution >= 0.6 is 0 Å². The van der Waals surface area contributed by atoms with Crippen molar-refractivity contribution in [3.8, 4) is 5.75 Å². The molecule has 0 fully saturated rings. The van der Waals surface area contributed by atoms with E-state index in [0.29, 0.717) is 12.5 Å². The number of hydrogen-bond donors (Lipinski definition) is 5. The van der Waals surface area contributed by atoms with Crippen LogP contribution in [-0.2, 0) is 44.8 Å². The fourth-order valence-electron chi connectivity index (χ4n) is 5.33. The topological polar surface area (TPSA) is 219 Å². The van der Waals surface area contributed by atoms with Crippen LogP contribution in [0.1, 0.15) is 39.2 Å². The summed E-state index contributed by atoms with van der Waals surface area (Å²) in [6.07, 6.45) is -8.96. The number of anilines is 1. The molecule has 5 N–H and O–H groups in total. The minimum Gasteiger partial charge on any atom is -0.487 e. The predicted octanol–water partition coefficient (Wildman–Crippen LogP) is 2.06. The van der Waals surface area contributed by atoms with Gasteiger partial charge in [-0.1, -0.05) is 30.3 Å². The Kier molecular flexibility index (Phi) is 16.0. The van der Waals surface area contributed by atoms with Gasteiger partial charge in [0.05, 0.1) is 18.8 Å². The second-order valence-electron chi connectivity index (χ2n) is 13.0. The van der Waals surface area contributed by atoms with Crippen molar-refractivity contribution in [2.75, 3.05) is 37.7 Å². The van der Waals surface area contributed by atoms with Crippen LogP contribution in [0, 0.1) is 11.7 Å². The molecule has 16 nitrogen and oxygen atoms in total. The fraction of sp³-hybridized carbons (Fsp3) is 0.472. The number of alkyl halides is 5. The number of ketones is 1. The van der Waals surface area contributed by atoms with Gasteiger partial charge < -0.3 is 45.5 Å². The number of fused-ring (bicyclic) bond motifs is 1. The number of alkyl carbamates (subject to hydrolysis) is 1. The third-order valence-electron chi connectivity index (χ3n) is 8.43. The highest BCUT2D eigenvalue weighted by molar-refractivity contribution is 6.19. The van der Waals surface area contributed by atoms with Crippen molar-refractivity contribution in [1.29, 1.82) is 0 Å². The number of halogens is 6. The molecule has 2 aromatic rings. The summed E-state index contributed by atoms with van der Waals surface area (Å²) in [7, 11) is 0. The van der Waals surface area contributed by atoms with Gasteiger partial charge in [-0.05, 0) is 38.0 Å². The molecule has 1 aliphatic rings. The number of carbonyl (C=O) groups is 7. The van der Waals surface area contributed by atoms with Crippen LogP contribution in [-0.4, -0.2) is 109 Å². The molecule has 1 aliphatic heterocycles. The molecule has 2 aromatic carbocycles. The van der Waals surface area contributed by atoms with E-state index in [2.05, 4.69) is 16.0 Å². The van der Waals surface area contributed by atoms with E-state index in [1.165, 1.54) is 6.92 Å². The van der Waals surface area contributed by atoms with Crippen molar-refractivity contribution in [3.05, 3.63) is 59.9 Å². The molecule has 5 amide bonds. The maximum absolute atomic E-state index is 14.3. The number of nitrogens with zero attached hydrogens (tertiary/aromatic N) is 1. The Morgan fingerprint density at radius 3 is 2.24 bits per heavy atom. The van der Waals surface area contributed by atoms with Crippen LogP contribution in [0.3, 0.4) is 0 Å². The van der Waals surface area contributed by atoms with Crippen molar-refractivity contribution in [2.45, 2.75) is 70.1 Å². The molecule has 4 atom stereocenters. The van der Waals surface area contributed by atoms with Gasteiger partial charge in [0.2, 0.25) is 17.7 Å². The Balaban J connectivity index is 1.55. The molecule has 58 heavy (non-hydrogen) atoms. The summed E-state index contributed by atoms with van der Waals surface area (Å²) in [6.45, 7) is -1.07. The number of Topliss-reactive ketones (excluding diaryl/α,β-unsaturated/α-hetero) is 1. The normalized spacial score (nSPS) is 16.9. The zero-order valence-electron chi connectivity index (χ0n) is 31.3. The summed E-state index contributed by atoms with van der Waals surface area (Å²) >= 11 is 0. The number of benzene rings is 2. The predicted molar refractivity (Wildman–Crippen MR) is 187 cm³/mol. The Bertz CT molecular complexity index is 1830. The van der Waals surface area contributed by atoms with E-state index in [0.717, 1.165) is 35.3 Å². The summed E-state index contributed by atoms with van der Waals surface area (Å²) in [5.41, 5.74) is -2.91. The minimum absolute atomic E-state index is 0.0478. The van der Waals surface area contributed by atoms with E-state index in [9.17, 15) is 65.0 Å². The maximum atomic E-state index is 14.3. The van der Waals surface area contributed by atoms with E-state index in [-0.39, 0.29) is 44.0 Å². The molecule has 3 rings (SSSR count). The zero-order valence-corrected chi connectivity index (χ0v) is 31.3. The summed E-state index contributed by atoms with van der Waals surface area (Å²) in [5, 5.41) is 19.1. The number of rotatable bonds is 18. The van der Waals surface area contributed by atoms with Gasteiger partial charge in [-0.15, -0.1) is 0 Å². The molecule has 0 spiro atoms. The number of aliphatic hydroxyl groups is 1. The Morgan fingerprint density at radius 1 is 0.948 bits per heavy atom. The first-order valence-electron chi connectivity index (χ1n) is 17.5. The van der Waals surface area contributed by atoms with E-state index in [1.54, 1.807) is 30.3 Å². The van der Waals surface area contributed by atoms with Crippen LogP contribution in [0.15, 0.2) is 48.5 Å². The standard InChI is InChI=1S/C36H41F6N5O11/c1-20-28(29(50)34(3,55)32(53)45-19-35(38,39)36(40,41)42)30(51)47(25-17-23(37)9-11-26(25)58-20)15-16-56-33(54)44-14-13-43-27(49)12-10-24(46-21(2)48)31(52)57-18-22-7-5-4-6-8-22/h4-9,11,17,20,24,28,55H,10,12-16,18-19H2,1-3H3,(H,43,49)(H,44,54)(H,45,53)(H,46,48)/t20-,24+,28+,34?/m1/s1. The number of nitrogens with one attached hydrogen (secondary N) is 4. The van der Waals surface area contributed by atoms with E-state index in [4.69, 9.17) is 14.2 Å². The van der Waals surface area contributed by atoms with Gasteiger partial charge in [0.1, 0.15) is 42.8 Å². The van der Waals surface area contributed by atoms with Crippen LogP contribution in [0.2, 0.25) is 0 Å². The molecule has 0 aromatic heterocycles. The summed E-state index contributed by atoms with van der Waals surface area (Å²) in [4.78, 5) is 89.4. The maximum Gasteiger partial charge on any atom is 0.455 e. The van der Waals surface area contributed by atoms with Crippen molar-refractivity contribution < 1.29 is 79.2 Å². The summed E-state index contributed by atoms with van der Waals surface area (Å²) < 4.78 is 94.9. The molecule has 1 unspecified atom stereocenters. The van der Waals surface area contributed by atoms with Crippen LogP contribution < -0.4 is 30.9 Å². The minimum atomic E-state index is -6.07. The van der Waals surface area contributed by atoms with Gasteiger partial charge in [0, 0.05) is 32.5 Å². The van der Waals surface area contributed by atoms with Crippen molar-refractivity contribution in [2.24, 2.45) is 5.92 Å². The number of esters is 1. The molecule has 318 valence electrons. The third-order valence-corrected chi connectivity index (χ3v) is 8.43. The SMILES string of the molecule is CC(=O)N[C@@H](CCC(=O)NCCNC(=O)OCCN1C(=O)[C@H](C(=O)C(C)(O)C(=O)NCC(F)(F)C(F)(F)F)[C@@H](C)Oc2ccc(F)cc21)C(=O)OCc1ccccc1. The van der Waals surface area contributed by atoms with Gasteiger partial charge in [0.15, 0.2) is 11.4 Å². The van der Waals surface area contributed by atoms with E-state index >= 15 is 0 Å². The first-order valence-corrected chi connectivity index (χ1v) is 17.5. The van der Waals surface area contributed by atoms with Gasteiger partial charge in [-0.3, -0.25) is 24.0 Å². The lowest BCUT2D eigenvalue weighted by molar-refractivity contribution is -0.278. The summed E-state index contributed by atoms with van der Waals surface area (Å²) in [5.74, 6) is -15.3. The lowest BCUT2D eigenvalue weighted by Gasteiger charge is -2.30. The third kappa shape index (κ3) is 12.8. The Labute approximate surface area is 326 Å². The molecule has 0 saturated heterocycles. The van der Waals surface area contributed by atoms with Crippen molar-refractivity contribution in [1.82, 2.24) is 21.3 Å². The number of hydrogen-bond acceptors (Lipinski definition) is 11. The second kappa shape index (κ2) is 20.0. The molecule has 0 radical (unpaired) electrons. The van der Waals surface area contributed by atoms with E-state index in [1.807, 2.05) is 0 Å². The van der Waals surface area contributed by atoms with Crippen molar-refractivity contribution in [3.63, 3.8) is 0 Å². The lowest BCUT2D eigenvalue weighted by Crippen LogP contribution is -2.59. The first kappa shape index (κ1) is 46.5. The molecular weight excluding hydrogens is 792 g/mol. The van der Waals surface area contributed by atoms with E-state index < -0.39 is 103 Å². The second-order valence-corrected chi connectivity index (χ2v) is 13.0. The fourth-order valence-corrected chi connectivity index (χ4v) is 5.33. The lowest BCUT2D eigenvalue weighted by atomic mass is 9.85. The van der Waals surface area contributed by atoms with Gasteiger partial charge in [0.25, 0.3) is 5.91 Å². The highest BCUT2D eigenvalue weighted by Crippen LogP contribution is 2.37. The first-order chi connectivity index (χ1) is 27.0. The molecule has 22 heteroatoms. The van der Waals surface area contributed by atoms with Gasteiger partial charge in [-0.2, -0.15) is 22.0 Å². The molecular formula is C36H41F6N5O11. The molecule has 0 aliphatic carbocycles. The molecule has 1 heterocycles. The van der Waals surface area contributed by atoms with Crippen LogP contribution in [0.25, 0.3) is 0 Å². The molecule has 0 bridgehead atoms. The number of ether oxygens (including phenoxy) is 3. The van der Waals surface area contributed by atoms with Gasteiger partial charge >= 0.3 is 24.2 Å². The number of amides is 5. The average Bonchev–Trinajstić information content (AvgIpc) is 3.24. The largest absolute Gasteiger partial charge is 0.487 e.